The normalized spacial score (nSPS) is 11.4. The first-order valence-corrected chi connectivity index (χ1v) is 7.75. The molecule has 0 bridgehead atoms. The predicted octanol–water partition coefficient (Wildman–Crippen LogP) is 3.60. The minimum Gasteiger partial charge on any atom is -0.310 e. The maximum Gasteiger partial charge on any atom is 0.154 e. The molecule has 2 rings (SSSR count). The Bertz CT molecular complexity index is 631. The summed E-state index contributed by atoms with van der Waals surface area (Å²) >= 11 is 6.24. The highest BCUT2D eigenvalue weighted by Crippen LogP contribution is 2.21. The molecule has 0 aliphatic heterocycles. The average Bonchev–Trinajstić information content (AvgIpc) is 2.72. The maximum absolute atomic E-state index is 6.24. The van der Waals surface area contributed by atoms with Gasteiger partial charge >= 0.3 is 0 Å². The van der Waals surface area contributed by atoms with E-state index < -0.39 is 0 Å². The second-order valence-corrected chi connectivity index (χ2v) is 5.99. The molecule has 0 aliphatic carbocycles. The zero-order valence-electron chi connectivity index (χ0n) is 13.4. The summed E-state index contributed by atoms with van der Waals surface area (Å²) < 4.78 is 1.91. The van der Waals surface area contributed by atoms with E-state index in [1.54, 1.807) is 6.20 Å². The molecule has 2 aromatic heterocycles. The molecular weight excluding hydrogens is 284 g/mol. The first-order chi connectivity index (χ1) is 9.93. The number of hydrogen-bond acceptors (Lipinski definition) is 3. The number of nitrogens with one attached hydrogen (secondary N) is 1. The van der Waals surface area contributed by atoms with Gasteiger partial charge in [0.2, 0.25) is 0 Å². The molecule has 0 amide bonds. The van der Waals surface area contributed by atoms with E-state index in [1.165, 1.54) is 5.56 Å². The topological polar surface area (TPSA) is 42.7 Å². The molecule has 21 heavy (non-hydrogen) atoms. The predicted molar refractivity (Wildman–Crippen MR) is 87.2 cm³/mol. The third-order valence-corrected chi connectivity index (χ3v) is 3.97. The number of pyridine rings is 1. The highest BCUT2D eigenvalue weighted by Gasteiger charge is 2.13. The highest BCUT2D eigenvalue weighted by molar-refractivity contribution is 6.31. The molecule has 5 heteroatoms. The van der Waals surface area contributed by atoms with Gasteiger partial charge in [0.1, 0.15) is 0 Å². The van der Waals surface area contributed by atoms with E-state index in [-0.39, 0.29) is 0 Å². The number of hydrogen-bond donors (Lipinski definition) is 1. The Morgan fingerprint density at radius 2 is 2.05 bits per heavy atom. The summed E-state index contributed by atoms with van der Waals surface area (Å²) in [5, 5.41) is 8.67. The lowest BCUT2D eigenvalue weighted by Crippen LogP contribution is -2.22. The molecule has 0 spiro atoms. The van der Waals surface area contributed by atoms with Crippen molar-refractivity contribution in [1.29, 1.82) is 0 Å². The molecular formula is C16H23ClN4. The van der Waals surface area contributed by atoms with Gasteiger partial charge in [-0.1, -0.05) is 32.4 Å². The van der Waals surface area contributed by atoms with Crippen LogP contribution in [-0.4, -0.2) is 20.8 Å². The SMILES string of the molecule is CCc1c(C)nn(-c2cc(CNC(C)C)c(Cl)cn2)c1C. The largest absolute Gasteiger partial charge is 0.310 e. The summed E-state index contributed by atoms with van der Waals surface area (Å²) in [6, 6.07) is 2.43. The first kappa shape index (κ1) is 16.0. The van der Waals surface area contributed by atoms with Crippen LogP contribution < -0.4 is 5.32 Å². The smallest absolute Gasteiger partial charge is 0.154 e. The van der Waals surface area contributed by atoms with Crippen LogP contribution in [0.2, 0.25) is 5.02 Å². The van der Waals surface area contributed by atoms with Gasteiger partial charge in [0.15, 0.2) is 5.82 Å². The molecule has 0 saturated heterocycles. The molecule has 114 valence electrons. The van der Waals surface area contributed by atoms with Crippen molar-refractivity contribution in [2.75, 3.05) is 0 Å². The second-order valence-electron chi connectivity index (χ2n) is 5.58. The van der Waals surface area contributed by atoms with E-state index in [0.29, 0.717) is 11.1 Å². The van der Waals surface area contributed by atoms with Gasteiger partial charge in [-0.15, -0.1) is 0 Å². The molecule has 2 heterocycles. The first-order valence-electron chi connectivity index (χ1n) is 7.37. The van der Waals surface area contributed by atoms with Crippen molar-refractivity contribution >= 4 is 11.6 Å². The van der Waals surface area contributed by atoms with Gasteiger partial charge in [-0.05, 0) is 37.5 Å². The van der Waals surface area contributed by atoms with Crippen molar-refractivity contribution in [2.45, 2.75) is 53.6 Å². The standard InChI is InChI=1S/C16H23ClN4/c1-6-14-11(4)20-21(12(14)5)16-7-13(8-18-10(2)3)15(17)9-19-16/h7,9-10,18H,6,8H2,1-5H3. The van der Waals surface area contributed by atoms with Gasteiger partial charge in [0.25, 0.3) is 0 Å². The minimum atomic E-state index is 0.415. The van der Waals surface area contributed by atoms with Gasteiger partial charge in [-0.3, -0.25) is 0 Å². The molecule has 0 atom stereocenters. The van der Waals surface area contributed by atoms with E-state index in [0.717, 1.165) is 35.7 Å². The quantitative estimate of drug-likeness (QED) is 0.918. The number of halogens is 1. The summed E-state index contributed by atoms with van der Waals surface area (Å²) in [5.41, 5.74) is 4.54. The van der Waals surface area contributed by atoms with Crippen LogP contribution in [0.5, 0.6) is 0 Å². The number of nitrogens with zero attached hydrogens (tertiary/aromatic N) is 3. The number of rotatable bonds is 5. The van der Waals surface area contributed by atoms with Gasteiger partial charge in [0.05, 0.1) is 10.7 Å². The summed E-state index contributed by atoms with van der Waals surface area (Å²) in [6.45, 7) is 11.2. The Morgan fingerprint density at radius 3 is 2.62 bits per heavy atom. The molecule has 2 aromatic rings. The molecule has 0 unspecified atom stereocenters. The molecule has 4 nitrogen and oxygen atoms in total. The lowest BCUT2D eigenvalue weighted by molar-refractivity contribution is 0.588. The molecule has 0 fully saturated rings. The number of aromatic nitrogens is 3. The average molecular weight is 307 g/mol. The van der Waals surface area contributed by atoms with Crippen LogP contribution in [0.3, 0.4) is 0 Å². The Balaban J connectivity index is 2.39. The third kappa shape index (κ3) is 3.44. The van der Waals surface area contributed by atoms with Crippen molar-refractivity contribution in [3.8, 4) is 5.82 Å². The Hall–Kier alpha value is -1.39. The summed E-state index contributed by atoms with van der Waals surface area (Å²) in [7, 11) is 0. The van der Waals surface area contributed by atoms with Crippen molar-refractivity contribution in [2.24, 2.45) is 0 Å². The van der Waals surface area contributed by atoms with Crippen LogP contribution in [0, 0.1) is 13.8 Å². The van der Waals surface area contributed by atoms with Crippen molar-refractivity contribution in [3.63, 3.8) is 0 Å². The zero-order valence-corrected chi connectivity index (χ0v) is 14.1. The zero-order chi connectivity index (χ0) is 15.6. The van der Waals surface area contributed by atoms with E-state index in [1.807, 2.05) is 17.7 Å². The lowest BCUT2D eigenvalue weighted by atomic mass is 10.1. The maximum atomic E-state index is 6.24. The fourth-order valence-corrected chi connectivity index (χ4v) is 2.61. The molecule has 0 aliphatic rings. The number of aryl methyl sites for hydroxylation is 1. The van der Waals surface area contributed by atoms with E-state index in [4.69, 9.17) is 11.6 Å². The van der Waals surface area contributed by atoms with Crippen LogP contribution in [0.25, 0.3) is 5.82 Å². The lowest BCUT2D eigenvalue weighted by Gasteiger charge is -2.11. The van der Waals surface area contributed by atoms with Crippen molar-refractivity contribution in [3.05, 3.63) is 39.8 Å². The van der Waals surface area contributed by atoms with Crippen molar-refractivity contribution < 1.29 is 0 Å². The Kier molecular flexibility index (Phi) is 5.01. The van der Waals surface area contributed by atoms with Gasteiger partial charge in [-0.2, -0.15) is 5.10 Å². The van der Waals surface area contributed by atoms with E-state index in [9.17, 15) is 0 Å². The van der Waals surface area contributed by atoms with Gasteiger partial charge in [-0.25, -0.2) is 9.67 Å². The van der Waals surface area contributed by atoms with Gasteiger partial charge < -0.3 is 5.32 Å². The molecule has 0 saturated carbocycles. The summed E-state index contributed by atoms with van der Waals surface area (Å²) in [6.07, 6.45) is 2.68. The third-order valence-electron chi connectivity index (χ3n) is 3.63. The van der Waals surface area contributed by atoms with E-state index in [2.05, 4.69) is 43.1 Å². The molecule has 1 N–H and O–H groups in total. The molecule has 0 aromatic carbocycles. The fraction of sp³-hybridized carbons (Fsp3) is 0.500. The Labute approximate surface area is 131 Å². The summed E-state index contributed by atoms with van der Waals surface area (Å²) in [4.78, 5) is 4.43. The van der Waals surface area contributed by atoms with Crippen LogP contribution in [0.15, 0.2) is 12.3 Å². The van der Waals surface area contributed by atoms with Crippen LogP contribution in [0.4, 0.5) is 0 Å². The van der Waals surface area contributed by atoms with Crippen LogP contribution in [-0.2, 0) is 13.0 Å². The van der Waals surface area contributed by atoms with Crippen LogP contribution in [0.1, 0.15) is 43.3 Å². The minimum absolute atomic E-state index is 0.415. The van der Waals surface area contributed by atoms with Crippen LogP contribution >= 0.6 is 11.6 Å². The fourth-order valence-electron chi connectivity index (χ4n) is 2.44. The summed E-state index contributed by atoms with van der Waals surface area (Å²) in [5.74, 6) is 0.820. The second kappa shape index (κ2) is 6.58. The highest BCUT2D eigenvalue weighted by atomic mass is 35.5. The van der Waals surface area contributed by atoms with E-state index >= 15 is 0 Å². The van der Waals surface area contributed by atoms with Crippen molar-refractivity contribution in [1.82, 2.24) is 20.1 Å². The Morgan fingerprint density at radius 1 is 1.33 bits per heavy atom. The molecule has 0 radical (unpaired) electrons. The monoisotopic (exact) mass is 306 g/mol. The van der Waals surface area contributed by atoms with Gasteiger partial charge in [0, 0.05) is 24.5 Å².